The Morgan fingerprint density at radius 2 is 1.92 bits per heavy atom. The summed E-state index contributed by atoms with van der Waals surface area (Å²) in [6, 6.07) is 8.12. The number of aryl methyl sites for hydroxylation is 1. The van der Waals surface area contributed by atoms with E-state index in [1.54, 1.807) is 18.2 Å². The van der Waals surface area contributed by atoms with Crippen LogP contribution in [-0.4, -0.2) is 15.5 Å². The SMILES string of the molecule is Cc1cc(Cl)ccc1NC(=O)Cn1cnc2c(Cl)cc(Cl)cc2c1=O. The zero-order chi connectivity index (χ0) is 18.1. The van der Waals surface area contributed by atoms with Crippen molar-refractivity contribution in [1.82, 2.24) is 9.55 Å². The molecule has 0 unspecified atom stereocenters. The van der Waals surface area contributed by atoms with Crippen LogP contribution in [0, 0.1) is 6.92 Å². The van der Waals surface area contributed by atoms with Crippen molar-refractivity contribution in [3.8, 4) is 0 Å². The van der Waals surface area contributed by atoms with Crippen molar-refractivity contribution in [3.63, 3.8) is 0 Å². The number of aromatic nitrogens is 2. The molecule has 5 nitrogen and oxygen atoms in total. The first-order chi connectivity index (χ1) is 11.8. The highest BCUT2D eigenvalue weighted by Gasteiger charge is 2.12. The van der Waals surface area contributed by atoms with Gasteiger partial charge in [-0.25, -0.2) is 4.98 Å². The zero-order valence-electron chi connectivity index (χ0n) is 13.0. The number of fused-ring (bicyclic) bond motifs is 1. The third kappa shape index (κ3) is 3.79. The molecule has 0 saturated carbocycles. The molecular formula is C17H12Cl3N3O2. The van der Waals surface area contributed by atoms with Gasteiger partial charge in [0.2, 0.25) is 5.91 Å². The smallest absolute Gasteiger partial charge is 0.261 e. The summed E-state index contributed by atoms with van der Waals surface area (Å²) in [7, 11) is 0. The Balaban J connectivity index is 1.89. The molecule has 3 aromatic rings. The highest BCUT2D eigenvalue weighted by atomic mass is 35.5. The second-order valence-electron chi connectivity index (χ2n) is 5.47. The number of carbonyl (C=O) groups excluding carboxylic acids is 1. The first-order valence-corrected chi connectivity index (χ1v) is 8.39. The molecule has 0 bridgehead atoms. The van der Waals surface area contributed by atoms with Crippen LogP contribution in [0.2, 0.25) is 15.1 Å². The van der Waals surface area contributed by atoms with Crippen molar-refractivity contribution in [2.75, 3.05) is 5.32 Å². The molecule has 25 heavy (non-hydrogen) atoms. The van der Waals surface area contributed by atoms with Crippen LogP contribution < -0.4 is 10.9 Å². The van der Waals surface area contributed by atoms with Crippen molar-refractivity contribution in [1.29, 1.82) is 0 Å². The quantitative estimate of drug-likeness (QED) is 0.718. The number of nitrogens with one attached hydrogen (secondary N) is 1. The van der Waals surface area contributed by atoms with Gasteiger partial charge in [-0.15, -0.1) is 0 Å². The maximum absolute atomic E-state index is 12.5. The van der Waals surface area contributed by atoms with Crippen molar-refractivity contribution in [3.05, 3.63) is 67.6 Å². The molecule has 1 amide bonds. The van der Waals surface area contributed by atoms with Gasteiger partial charge in [0.15, 0.2) is 0 Å². The van der Waals surface area contributed by atoms with E-state index in [1.165, 1.54) is 23.0 Å². The van der Waals surface area contributed by atoms with E-state index in [2.05, 4.69) is 10.3 Å². The fourth-order valence-electron chi connectivity index (χ4n) is 2.42. The number of nitrogens with zero attached hydrogens (tertiary/aromatic N) is 2. The Labute approximate surface area is 158 Å². The molecule has 1 aromatic heterocycles. The predicted molar refractivity (Wildman–Crippen MR) is 101 cm³/mol. The molecule has 0 saturated heterocycles. The van der Waals surface area contributed by atoms with E-state index in [9.17, 15) is 9.59 Å². The number of anilines is 1. The maximum atomic E-state index is 12.5. The lowest BCUT2D eigenvalue weighted by atomic mass is 10.2. The minimum Gasteiger partial charge on any atom is -0.324 e. The van der Waals surface area contributed by atoms with Gasteiger partial charge >= 0.3 is 0 Å². The molecule has 0 aliphatic heterocycles. The monoisotopic (exact) mass is 395 g/mol. The Bertz CT molecular complexity index is 1050. The van der Waals surface area contributed by atoms with Gasteiger partial charge in [-0.1, -0.05) is 34.8 Å². The summed E-state index contributed by atoms with van der Waals surface area (Å²) in [5.41, 5.74) is 1.41. The normalized spacial score (nSPS) is 10.9. The second-order valence-corrected chi connectivity index (χ2v) is 6.75. The third-order valence-electron chi connectivity index (χ3n) is 3.62. The summed E-state index contributed by atoms with van der Waals surface area (Å²) >= 11 is 17.9. The lowest BCUT2D eigenvalue weighted by Gasteiger charge is -2.10. The molecule has 8 heteroatoms. The average Bonchev–Trinajstić information content (AvgIpc) is 2.53. The summed E-state index contributed by atoms with van der Waals surface area (Å²) in [4.78, 5) is 28.9. The van der Waals surface area contributed by atoms with E-state index >= 15 is 0 Å². The van der Waals surface area contributed by atoms with Gasteiger partial charge in [0.1, 0.15) is 6.54 Å². The van der Waals surface area contributed by atoms with E-state index in [-0.39, 0.29) is 22.9 Å². The van der Waals surface area contributed by atoms with Crippen molar-refractivity contribution >= 4 is 57.3 Å². The predicted octanol–water partition coefficient (Wildman–Crippen LogP) is 4.30. The molecule has 2 aromatic carbocycles. The molecular weight excluding hydrogens is 385 g/mol. The van der Waals surface area contributed by atoms with Crippen molar-refractivity contribution in [2.24, 2.45) is 0 Å². The van der Waals surface area contributed by atoms with E-state index in [4.69, 9.17) is 34.8 Å². The average molecular weight is 397 g/mol. The molecule has 0 aliphatic rings. The van der Waals surface area contributed by atoms with Crippen LogP contribution in [0.15, 0.2) is 41.5 Å². The van der Waals surface area contributed by atoms with Crippen LogP contribution in [0.3, 0.4) is 0 Å². The van der Waals surface area contributed by atoms with Gasteiger partial charge in [0, 0.05) is 15.7 Å². The fourth-order valence-corrected chi connectivity index (χ4v) is 3.19. The summed E-state index contributed by atoms with van der Waals surface area (Å²) in [6.07, 6.45) is 1.29. The Hall–Kier alpha value is -2.08. The zero-order valence-corrected chi connectivity index (χ0v) is 15.3. The first kappa shape index (κ1) is 17.7. The van der Waals surface area contributed by atoms with Gasteiger partial charge in [0.25, 0.3) is 5.56 Å². The molecule has 0 atom stereocenters. The standard InChI is InChI=1S/C17H12Cl3N3O2/c1-9-4-10(18)2-3-14(9)22-15(24)7-23-8-21-16-12(17(23)25)5-11(19)6-13(16)20/h2-6,8H,7H2,1H3,(H,22,24). The molecule has 0 aliphatic carbocycles. The van der Waals surface area contributed by atoms with Crippen molar-refractivity contribution in [2.45, 2.75) is 13.5 Å². The number of hydrogen-bond donors (Lipinski definition) is 1. The van der Waals surface area contributed by atoms with Crippen molar-refractivity contribution < 1.29 is 4.79 Å². The number of benzene rings is 2. The molecule has 128 valence electrons. The molecule has 0 fully saturated rings. The number of amides is 1. The van der Waals surface area contributed by atoms with Gasteiger partial charge in [-0.2, -0.15) is 0 Å². The van der Waals surface area contributed by atoms with Gasteiger partial charge in [0.05, 0.1) is 22.3 Å². The Kier molecular flexibility index (Phi) is 4.99. The topological polar surface area (TPSA) is 64.0 Å². The van der Waals surface area contributed by atoms with E-state index < -0.39 is 5.56 Å². The van der Waals surface area contributed by atoms with Gasteiger partial charge in [-0.05, 0) is 42.8 Å². The highest BCUT2D eigenvalue weighted by molar-refractivity contribution is 6.38. The number of halogens is 3. The first-order valence-electron chi connectivity index (χ1n) is 7.25. The Morgan fingerprint density at radius 1 is 1.16 bits per heavy atom. The lowest BCUT2D eigenvalue weighted by molar-refractivity contribution is -0.116. The second kappa shape index (κ2) is 7.04. The minimum absolute atomic E-state index is 0.187. The van der Waals surface area contributed by atoms with E-state index in [1.807, 2.05) is 6.92 Å². The van der Waals surface area contributed by atoms with Crippen LogP contribution >= 0.6 is 34.8 Å². The number of carbonyl (C=O) groups is 1. The van der Waals surface area contributed by atoms with Gasteiger partial charge in [-0.3, -0.25) is 14.2 Å². The number of hydrogen-bond acceptors (Lipinski definition) is 3. The van der Waals surface area contributed by atoms with Crippen LogP contribution in [0.25, 0.3) is 10.9 Å². The molecule has 1 heterocycles. The van der Waals surface area contributed by atoms with Crippen LogP contribution in [0.5, 0.6) is 0 Å². The maximum Gasteiger partial charge on any atom is 0.261 e. The largest absolute Gasteiger partial charge is 0.324 e. The molecule has 3 rings (SSSR count). The van der Waals surface area contributed by atoms with Crippen LogP contribution in [-0.2, 0) is 11.3 Å². The molecule has 1 N–H and O–H groups in total. The minimum atomic E-state index is -0.391. The third-order valence-corrected chi connectivity index (χ3v) is 4.36. The van der Waals surface area contributed by atoms with E-state index in [0.29, 0.717) is 21.2 Å². The fraction of sp³-hybridized carbons (Fsp3) is 0.118. The summed E-state index contributed by atoms with van der Waals surface area (Å²) < 4.78 is 1.20. The highest BCUT2D eigenvalue weighted by Crippen LogP contribution is 2.24. The summed E-state index contributed by atoms with van der Waals surface area (Å²) in [5.74, 6) is -0.359. The number of rotatable bonds is 3. The van der Waals surface area contributed by atoms with Crippen LogP contribution in [0.4, 0.5) is 5.69 Å². The van der Waals surface area contributed by atoms with Crippen LogP contribution in [0.1, 0.15) is 5.56 Å². The summed E-state index contributed by atoms with van der Waals surface area (Å²) in [5, 5.41) is 4.20. The Morgan fingerprint density at radius 3 is 2.64 bits per heavy atom. The molecule has 0 radical (unpaired) electrons. The lowest BCUT2D eigenvalue weighted by Crippen LogP contribution is -2.28. The molecule has 0 spiro atoms. The van der Waals surface area contributed by atoms with E-state index in [0.717, 1.165) is 5.56 Å². The van der Waals surface area contributed by atoms with Gasteiger partial charge < -0.3 is 5.32 Å². The summed E-state index contributed by atoms with van der Waals surface area (Å²) in [6.45, 7) is 1.64.